The van der Waals surface area contributed by atoms with Crippen molar-refractivity contribution in [2.24, 2.45) is 0 Å². The van der Waals surface area contributed by atoms with Crippen molar-refractivity contribution in [3.05, 3.63) is 52.4 Å². The Morgan fingerprint density at radius 3 is 2.41 bits per heavy atom. The third kappa shape index (κ3) is 5.24. The Morgan fingerprint density at radius 2 is 1.94 bits per heavy atom. The molecule has 1 rings (SSSR count). The van der Waals surface area contributed by atoms with Crippen molar-refractivity contribution in [3.8, 4) is 0 Å². The van der Waals surface area contributed by atoms with E-state index in [1.807, 2.05) is 37.3 Å². The van der Waals surface area contributed by atoms with E-state index in [9.17, 15) is 4.79 Å². The van der Waals surface area contributed by atoms with E-state index >= 15 is 0 Å². The van der Waals surface area contributed by atoms with E-state index in [0.717, 1.165) is 21.8 Å². The van der Waals surface area contributed by atoms with Crippen molar-refractivity contribution in [1.29, 1.82) is 0 Å². The molecule has 17 heavy (non-hydrogen) atoms. The molecule has 0 N–H and O–H groups in total. The summed E-state index contributed by atoms with van der Waals surface area (Å²) in [5, 5.41) is 0.699. The first-order valence-electron chi connectivity index (χ1n) is 5.28. The van der Waals surface area contributed by atoms with Crippen LogP contribution in [0.5, 0.6) is 0 Å². The van der Waals surface area contributed by atoms with E-state index < -0.39 is 0 Å². The monoisotopic (exact) mass is 266 g/mol. The first kappa shape index (κ1) is 14.1. The maximum absolute atomic E-state index is 11.5. The molecule has 0 saturated heterocycles. The fraction of sp³-hybridized carbons (Fsp3) is 0.214. The molecule has 0 aliphatic heterocycles. The molecule has 0 saturated carbocycles. The third-order valence-corrected chi connectivity index (χ3v) is 3.46. The summed E-state index contributed by atoms with van der Waals surface area (Å²) in [6, 6.07) is 7.45. The highest BCUT2D eigenvalue weighted by atomic mass is 35.5. The number of Topliss-reactive ketones (excluding diaryl/α,β-unsaturated/α-hetero) is 1. The number of carbonyl (C=O) groups excluding carboxylic acids is 1. The molecule has 0 unspecified atom stereocenters. The van der Waals surface area contributed by atoms with Crippen LogP contribution in [-0.4, -0.2) is 5.78 Å². The van der Waals surface area contributed by atoms with Gasteiger partial charge >= 0.3 is 0 Å². The molecule has 0 amide bonds. The first-order chi connectivity index (χ1) is 7.99. The highest BCUT2D eigenvalue weighted by Gasteiger charge is 2.06. The second kappa shape index (κ2) is 6.67. The summed E-state index contributed by atoms with van der Waals surface area (Å²) >= 11 is 7.27. The lowest BCUT2D eigenvalue weighted by atomic mass is 10.2. The summed E-state index contributed by atoms with van der Waals surface area (Å²) < 4.78 is 0. The fourth-order valence-corrected chi connectivity index (χ4v) is 2.12. The van der Waals surface area contributed by atoms with Crippen LogP contribution in [-0.2, 0) is 4.79 Å². The van der Waals surface area contributed by atoms with E-state index in [2.05, 4.69) is 6.58 Å². The largest absolute Gasteiger partial charge is 0.294 e. The molecule has 0 aliphatic carbocycles. The Morgan fingerprint density at radius 1 is 1.35 bits per heavy atom. The van der Waals surface area contributed by atoms with Crippen LogP contribution in [0.4, 0.5) is 0 Å². The lowest BCUT2D eigenvalue weighted by Crippen LogP contribution is -1.92. The average molecular weight is 267 g/mol. The lowest BCUT2D eigenvalue weighted by Gasteiger charge is -2.04. The number of ketones is 1. The van der Waals surface area contributed by atoms with Crippen LogP contribution in [0.2, 0.25) is 5.02 Å². The van der Waals surface area contributed by atoms with Crippen LogP contribution < -0.4 is 0 Å². The van der Waals surface area contributed by atoms with E-state index in [4.69, 9.17) is 11.6 Å². The predicted octanol–water partition coefficient (Wildman–Crippen LogP) is 4.87. The van der Waals surface area contributed by atoms with Gasteiger partial charge in [-0.3, -0.25) is 4.79 Å². The number of allylic oxidation sites excluding steroid dienone is 3. The van der Waals surface area contributed by atoms with Gasteiger partial charge in [-0.25, -0.2) is 0 Å². The normalized spacial score (nSPS) is 11.4. The van der Waals surface area contributed by atoms with Crippen molar-refractivity contribution in [2.75, 3.05) is 0 Å². The van der Waals surface area contributed by atoms with Crippen LogP contribution in [0.15, 0.2) is 52.3 Å². The zero-order valence-corrected chi connectivity index (χ0v) is 11.6. The number of thioether (sulfide) groups is 1. The molecule has 1 aromatic carbocycles. The number of benzene rings is 1. The quantitative estimate of drug-likeness (QED) is 0.430. The molecule has 0 aromatic heterocycles. The molecular formula is C14H15ClOS. The van der Waals surface area contributed by atoms with E-state index in [1.165, 1.54) is 11.8 Å². The van der Waals surface area contributed by atoms with E-state index in [0.29, 0.717) is 5.02 Å². The highest BCUT2D eigenvalue weighted by molar-refractivity contribution is 8.04. The van der Waals surface area contributed by atoms with Gasteiger partial charge in [0.05, 0.1) is 4.91 Å². The molecule has 3 heteroatoms. The molecule has 0 spiro atoms. The molecule has 0 aliphatic rings. The standard InChI is InChI=1S/C14H15ClOS/c1-10(2)4-9-14(11(3)16)17-13-7-5-12(15)6-8-13/h5-9H,1,4H2,2-3H3/b14-9+. The Kier molecular flexibility index (Phi) is 5.52. The minimum absolute atomic E-state index is 0.0752. The summed E-state index contributed by atoms with van der Waals surface area (Å²) in [5.41, 5.74) is 1.04. The smallest absolute Gasteiger partial charge is 0.166 e. The van der Waals surface area contributed by atoms with Crippen LogP contribution in [0, 0.1) is 0 Å². The number of hydrogen-bond acceptors (Lipinski definition) is 2. The maximum Gasteiger partial charge on any atom is 0.166 e. The average Bonchev–Trinajstić information content (AvgIpc) is 2.26. The Labute approximate surface area is 112 Å². The van der Waals surface area contributed by atoms with Crippen LogP contribution in [0.25, 0.3) is 0 Å². The van der Waals surface area contributed by atoms with Crippen molar-refractivity contribution >= 4 is 29.1 Å². The SMILES string of the molecule is C=C(C)C/C=C(/Sc1ccc(Cl)cc1)C(C)=O. The maximum atomic E-state index is 11.5. The Balaban J connectivity index is 2.80. The van der Waals surface area contributed by atoms with Gasteiger partial charge in [0.25, 0.3) is 0 Å². The highest BCUT2D eigenvalue weighted by Crippen LogP contribution is 2.28. The summed E-state index contributed by atoms with van der Waals surface area (Å²) in [5.74, 6) is 0.0752. The lowest BCUT2D eigenvalue weighted by molar-refractivity contribution is -0.112. The van der Waals surface area contributed by atoms with E-state index in [1.54, 1.807) is 6.92 Å². The van der Waals surface area contributed by atoms with Gasteiger partial charge in [-0.2, -0.15) is 0 Å². The zero-order chi connectivity index (χ0) is 12.8. The van der Waals surface area contributed by atoms with Crippen LogP contribution in [0.1, 0.15) is 20.3 Å². The van der Waals surface area contributed by atoms with Gasteiger partial charge in [0, 0.05) is 9.92 Å². The minimum atomic E-state index is 0.0752. The Bertz CT molecular complexity index is 446. The summed E-state index contributed by atoms with van der Waals surface area (Å²) in [4.78, 5) is 13.2. The van der Waals surface area contributed by atoms with Gasteiger partial charge in [-0.1, -0.05) is 41.6 Å². The van der Waals surface area contributed by atoms with Gasteiger partial charge in [-0.05, 0) is 44.5 Å². The summed E-state index contributed by atoms with van der Waals surface area (Å²) in [7, 11) is 0. The van der Waals surface area contributed by atoms with Gasteiger partial charge in [-0.15, -0.1) is 0 Å². The van der Waals surface area contributed by atoms with Crippen molar-refractivity contribution in [2.45, 2.75) is 25.2 Å². The second-order valence-electron chi connectivity index (χ2n) is 3.84. The molecule has 90 valence electrons. The fourth-order valence-electron chi connectivity index (χ4n) is 1.15. The van der Waals surface area contributed by atoms with Gasteiger partial charge < -0.3 is 0 Å². The molecule has 0 heterocycles. The zero-order valence-electron chi connectivity index (χ0n) is 10.00. The molecule has 1 aromatic rings. The Hall–Kier alpha value is -0.990. The van der Waals surface area contributed by atoms with Crippen LogP contribution in [0.3, 0.4) is 0 Å². The number of hydrogen-bond donors (Lipinski definition) is 0. The molecule has 0 fully saturated rings. The van der Waals surface area contributed by atoms with Crippen molar-refractivity contribution in [1.82, 2.24) is 0 Å². The summed E-state index contributed by atoms with van der Waals surface area (Å²) in [6.45, 7) is 7.34. The topological polar surface area (TPSA) is 17.1 Å². The molecule has 0 radical (unpaired) electrons. The number of rotatable bonds is 5. The van der Waals surface area contributed by atoms with Gasteiger partial charge in [0.1, 0.15) is 0 Å². The van der Waals surface area contributed by atoms with Gasteiger partial charge in [0.2, 0.25) is 0 Å². The van der Waals surface area contributed by atoms with Gasteiger partial charge in [0.15, 0.2) is 5.78 Å². The molecule has 1 nitrogen and oxygen atoms in total. The van der Waals surface area contributed by atoms with E-state index in [-0.39, 0.29) is 5.78 Å². The number of halogens is 1. The first-order valence-corrected chi connectivity index (χ1v) is 6.47. The van der Waals surface area contributed by atoms with Crippen molar-refractivity contribution < 1.29 is 4.79 Å². The molecule has 0 atom stereocenters. The predicted molar refractivity (Wildman–Crippen MR) is 75.5 cm³/mol. The summed E-state index contributed by atoms with van der Waals surface area (Å²) in [6.07, 6.45) is 2.65. The second-order valence-corrected chi connectivity index (χ2v) is 5.39. The third-order valence-electron chi connectivity index (χ3n) is 2.02. The number of carbonyl (C=O) groups is 1. The minimum Gasteiger partial charge on any atom is -0.294 e. The van der Waals surface area contributed by atoms with Crippen LogP contribution >= 0.6 is 23.4 Å². The molecular weight excluding hydrogens is 252 g/mol. The van der Waals surface area contributed by atoms with Crippen molar-refractivity contribution in [3.63, 3.8) is 0 Å². The molecule has 0 bridgehead atoms.